The number of benzene rings is 2. The molecule has 1 atom stereocenters. The van der Waals surface area contributed by atoms with Crippen molar-refractivity contribution in [2.45, 2.75) is 36.7 Å². The minimum atomic E-state index is -3.77. The van der Waals surface area contributed by atoms with Crippen molar-refractivity contribution in [3.8, 4) is 11.1 Å². The summed E-state index contributed by atoms with van der Waals surface area (Å²) >= 11 is 0. The van der Waals surface area contributed by atoms with Crippen molar-refractivity contribution >= 4 is 15.7 Å². The van der Waals surface area contributed by atoms with E-state index in [9.17, 15) is 18.5 Å². The highest BCUT2D eigenvalue weighted by Gasteiger charge is 2.35. The molecule has 1 aliphatic carbocycles. The molecule has 0 radical (unpaired) electrons. The van der Waals surface area contributed by atoms with E-state index in [1.807, 2.05) is 0 Å². The molecule has 1 aliphatic heterocycles. The zero-order valence-corrected chi connectivity index (χ0v) is 16.9. The van der Waals surface area contributed by atoms with Crippen molar-refractivity contribution in [3.63, 3.8) is 0 Å². The minimum absolute atomic E-state index is 0.0452. The van der Waals surface area contributed by atoms with E-state index in [4.69, 9.17) is 4.74 Å². The zero-order valence-electron chi connectivity index (χ0n) is 16.1. The molecule has 2 aromatic carbocycles. The molecule has 0 bridgehead atoms. The molecule has 1 unspecified atom stereocenters. The molecule has 0 N–H and O–H groups in total. The van der Waals surface area contributed by atoms with Crippen LogP contribution in [0, 0.1) is 16.0 Å². The Kier molecular flexibility index (Phi) is 5.67. The van der Waals surface area contributed by atoms with Crippen LogP contribution in [-0.4, -0.2) is 43.4 Å². The Bertz CT molecular complexity index is 998. The number of nitrogens with zero attached hydrogens (tertiary/aromatic N) is 2. The van der Waals surface area contributed by atoms with Gasteiger partial charge in [0.15, 0.2) is 0 Å². The normalized spacial score (nSPS) is 19.6. The van der Waals surface area contributed by atoms with Crippen LogP contribution in [-0.2, 0) is 14.8 Å². The number of hydrogen-bond donors (Lipinski definition) is 0. The van der Waals surface area contributed by atoms with Crippen LogP contribution in [0.4, 0.5) is 5.69 Å². The second kappa shape index (κ2) is 8.22. The summed E-state index contributed by atoms with van der Waals surface area (Å²) in [6.45, 7) is 1.43. The third-order valence-corrected chi connectivity index (χ3v) is 7.51. The molecule has 8 heteroatoms. The summed E-state index contributed by atoms with van der Waals surface area (Å²) < 4.78 is 34.1. The number of nitro groups is 1. The van der Waals surface area contributed by atoms with Gasteiger partial charge in [-0.2, -0.15) is 4.31 Å². The van der Waals surface area contributed by atoms with E-state index in [1.165, 1.54) is 12.1 Å². The highest BCUT2D eigenvalue weighted by atomic mass is 32.2. The molecular formula is C21H24N2O5S. The van der Waals surface area contributed by atoms with Crippen LogP contribution in [0.25, 0.3) is 11.1 Å². The Hall–Kier alpha value is -2.29. The maximum Gasteiger partial charge on any atom is 0.270 e. The van der Waals surface area contributed by atoms with Gasteiger partial charge >= 0.3 is 0 Å². The fourth-order valence-electron chi connectivity index (χ4n) is 4.01. The molecule has 2 fully saturated rings. The van der Waals surface area contributed by atoms with E-state index in [0.29, 0.717) is 36.7 Å². The topological polar surface area (TPSA) is 93.0 Å². The van der Waals surface area contributed by atoms with Crippen LogP contribution >= 0.6 is 0 Å². The maximum absolute atomic E-state index is 13.6. The van der Waals surface area contributed by atoms with E-state index in [0.717, 1.165) is 25.7 Å². The van der Waals surface area contributed by atoms with E-state index in [2.05, 4.69) is 0 Å². The van der Waals surface area contributed by atoms with Gasteiger partial charge in [0.05, 0.1) is 22.5 Å². The Morgan fingerprint density at radius 2 is 1.79 bits per heavy atom. The fourth-order valence-corrected chi connectivity index (χ4v) is 5.77. The number of hydrogen-bond acceptors (Lipinski definition) is 5. The predicted octanol–water partition coefficient (Wildman–Crippen LogP) is 3.84. The van der Waals surface area contributed by atoms with E-state index >= 15 is 0 Å². The van der Waals surface area contributed by atoms with Crippen molar-refractivity contribution in [2.24, 2.45) is 5.92 Å². The first-order chi connectivity index (χ1) is 13.9. The average Bonchev–Trinajstić information content (AvgIpc) is 3.39. The third kappa shape index (κ3) is 4.49. The molecule has 0 spiro atoms. The van der Waals surface area contributed by atoms with Crippen molar-refractivity contribution in [3.05, 3.63) is 58.6 Å². The summed E-state index contributed by atoms with van der Waals surface area (Å²) in [6, 6.07) is 12.8. The standard InChI is InChI=1S/C21H24N2O5S/c24-23(25)18-9-5-8-17(12-18)20-10-3-4-11-21(20)29(26,27)22(14-19-15-28-19)13-16-6-1-2-7-16/h3-5,8-12,16,19H,1-2,6-7,13-15H2. The van der Waals surface area contributed by atoms with Crippen LogP contribution in [0.2, 0.25) is 0 Å². The van der Waals surface area contributed by atoms with Crippen molar-refractivity contribution in [2.75, 3.05) is 19.7 Å². The monoisotopic (exact) mass is 416 g/mol. The summed E-state index contributed by atoms with van der Waals surface area (Å²) in [5, 5.41) is 11.2. The largest absolute Gasteiger partial charge is 0.372 e. The molecule has 0 amide bonds. The molecule has 29 heavy (non-hydrogen) atoms. The summed E-state index contributed by atoms with van der Waals surface area (Å²) in [6.07, 6.45) is 4.33. The lowest BCUT2D eigenvalue weighted by atomic mass is 10.1. The summed E-state index contributed by atoms with van der Waals surface area (Å²) in [5.41, 5.74) is 0.926. The summed E-state index contributed by atoms with van der Waals surface area (Å²) in [5.74, 6) is 0.369. The molecule has 4 rings (SSSR count). The minimum Gasteiger partial charge on any atom is -0.372 e. The number of epoxide rings is 1. The van der Waals surface area contributed by atoms with Gasteiger partial charge in [0, 0.05) is 30.8 Å². The Morgan fingerprint density at radius 1 is 1.07 bits per heavy atom. The first-order valence-electron chi connectivity index (χ1n) is 9.91. The third-order valence-electron chi connectivity index (χ3n) is 5.62. The molecule has 154 valence electrons. The van der Waals surface area contributed by atoms with Gasteiger partial charge in [-0.1, -0.05) is 43.2 Å². The average molecular weight is 416 g/mol. The highest BCUT2D eigenvalue weighted by Crippen LogP contribution is 2.34. The van der Waals surface area contributed by atoms with E-state index < -0.39 is 14.9 Å². The van der Waals surface area contributed by atoms with E-state index in [-0.39, 0.29) is 16.7 Å². The Labute approximate surface area is 170 Å². The molecule has 2 aromatic rings. The van der Waals surface area contributed by atoms with Crippen molar-refractivity contribution in [1.29, 1.82) is 0 Å². The van der Waals surface area contributed by atoms with E-state index in [1.54, 1.807) is 40.7 Å². The Morgan fingerprint density at radius 3 is 2.48 bits per heavy atom. The maximum atomic E-state index is 13.6. The van der Waals surface area contributed by atoms with Crippen LogP contribution < -0.4 is 0 Å². The Balaban J connectivity index is 1.71. The highest BCUT2D eigenvalue weighted by molar-refractivity contribution is 7.89. The summed E-state index contributed by atoms with van der Waals surface area (Å²) in [7, 11) is -3.77. The lowest BCUT2D eigenvalue weighted by molar-refractivity contribution is -0.384. The summed E-state index contributed by atoms with van der Waals surface area (Å²) in [4.78, 5) is 10.9. The molecule has 1 saturated carbocycles. The molecule has 2 aliphatic rings. The number of nitro benzene ring substituents is 1. The predicted molar refractivity (Wildman–Crippen MR) is 109 cm³/mol. The SMILES string of the molecule is O=[N+]([O-])c1cccc(-c2ccccc2S(=O)(=O)N(CC2CCCC2)CC2CO2)c1. The van der Waals surface area contributed by atoms with Gasteiger partial charge in [-0.25, -0.2) is 8.42 Å². The second-order valence-electron chi connectivity index (χ2n) is 7.73. The molecule has 0 aromatic heterocycles. The van der Waals surface area contributed by atoms with Gasteiger partial charge in [0.1, 0.15) is 0 Å². The van der Waals surface area contributed by atoms with Crippen LogP contribution in [0.1, 0.15) is 25.7 Å². The quantitative estimate of drug-likeness (QED) is 0.370. The van der Waals surface area contributed by atoms with Gasteiger partial charge in [-0.15, -0.1) is 0 Å². The molecular weight excluding hydrogens is 392 g/mol. The van der Waals surface area contributed by atoms with Gasteiger partial charge in [-0.3, -0.25) is 10.1 Å². The number of sulfonamides is 1. The van der Waals surface area contributed by atoms with Gasteiger partial charge < -0.3 is 4.74 Å². The molecule has 1 heterocycles. The number of ether oxygens (including phenoxy) is 1. The lowest BCUT2D eigenvalue weighted by Crippen LogP contribution is -2.38. The first-order valence-corrected chi connectivity index (χ1v) is 11.3. The van der Waals surface area contributed by atoms with Crippen molar-refractivity contribution in [1.82, 2.24) is 4.31 Å². The van der Waals surface area contributed by atoms with Crippen LogP contribution in [0.15, 0.2) is 53.4 Å². The lowest BCUT2D eigenvalue weighted by Gasteiger charge is -2.25. The van der Waals surface area contributed by atoms with Gasteiger partial charge in [0.25, 0.3) is 5.69 Å². The second-order valence-corrected chi connectivity index (χ2v) is 9.64. The first kappa shape index (κ1) is 20.0. The number of rotatable bonds is 8. The smallest absolute Gasteiger partial charge is 0.270 e. The molecule has 1 saturated heterocycles. The van der Waals surface area contributed by atoms with Crippen molar-refractivity contribution < 1.29 is 18.1 Å². The van der Waals surface area contributed by atoms with Gasteiger partial charge in [0.2, 0.25) is 10.0 Å². The fraction of sp³-hybridized carbons (Fsp3) is 0.429. The van der Waals surface area contributed by atoms with Crippen LogP contribution in [0.3, 0.4) is 0 Å². The zero-order chi connectivity index (χ0) is 20.4. The van der Waals surface area contributed by atoms with Gasteiger partial charge in [-0.05, 0) is 30.4 Å². The number of non-ortho nitro benzene ring substituents is 1. The molecule has 7 nitrogen and oxygen atoms in total. The van der Waals surface area contributed by atoms with Crippen LogP contribution in [0.5, 0.6) is 0 Å².